The minimum Gasteiger partial charge on any atom is -0.435 e. The fourth-order valence-electron chi connectivity index (χ4n) is 2.02. The predicted octanol–water partition coefficient (Wildman–Crippen LogP) is 6.59. The fraction of sp³-hybridized carbons (Fsp3) is 0.261. The highest BCUT2D eigenvalue weighted by atomic mass is 16.4. The van der Waals surface area contributed by atoms with Crippen molar-refractivity contribution in [1.29, 1.82) is 0 Å². The van der Waals surface area contributed by atoms with Crippen molar-refractivity contribution in [3.63, 3.8) is 0 Å². The molecule has 0 aliphatic rings. The molecule has 2 aromatic heterocycles. The highest BCUT2D eigenvalue weighted by Gasteiger charge is 2.16. The van der Waals surface area contributed by atoms with Crippen LogP contribution in [0.5, 0.6) is 0 Å². The molecule has 0 fully saturated rings. The van der Waals surface area contributed by atoms with Gasteiger partial charge in [0.1, 0.15) is 5.69 Å². The van der Waals surface area contributed by atoms with Crippen molar-refractivity contribution in [2.45, 2.75) is 41.5 Å². The molecule has 0 unspecified atom stereocenters. The quantitative estimate of drug-likeness (QED) is 0.572. The molecule has 150 valence electrons. The second-order valence-corrected chi connectivity index (χ2v) is 4.81. The molecule has 0 spiro atoms. The zero-order chi connectivity index (χ0) is 21.5. The number of aromatic nitrogens is 3. The van der Waals surface area contributed by atoms with Crippen LogP contribution in [-0.2, 0) is 0 Å². The summed E-state index contributed by atoms with van der Waals surface area (Å²) in [4.78, 5) is 13.2. The van der Waals surface area contributed by atoms with Crippen LogP contribution in [0, 0.1) is 0 Å². The van der Waals surface area contributed by atoms with Crippen molar-refractivity contribution in [3.8, 4) is 11.6 Å². The van der Waals surface area contributed by atoms with Gasteiger partial charge in [0.2, 0.25) is 5.89 Å². The fourth-order valence-corrected chi connectivity index (χ4v) is 2.02. The maximum absolute atomic E-state index is 5.96. The van der Waals surface area contributed by atoms with E-state index in [9.17, 15) is 0 Å². The van der Waals surface area contributed by atoms with Gasteiger partial charge in [-0.15, -0.1) is 0 Å². The molecule has 2 N–H and O–H groups in total. The number of nitrogens with zero attached hydrogens (tertiary/aromatic N) is 3. The molecule has 0 amide bonds. The Bertz CT molecular complexity index is 842. The van der Waals surface area contributed by atoms with Crippen LogP contribution in [0.4, 0.5) is 5.82 Å². The van der Waals surface area contributed by atoms with Crippen LogP contribution >= 0.6 is 0 Å². The first-order chi connectivity index (χ1) is 13.6. The maximum Gasteiger partial charge on any atom is 0.250 e. The predicted molar refractivity (Wildman–Crippen MR) is 122 cm³/mol. The maximum atomic E-state index is 5.96. The molecule has 2 heterocycles. The van der Waals surface area contributed by atoms with Gasteiger partial charge in [-0.25, -0.2) is 15.0 Å². The van der Waals surface area contributed by atoms with Crippen molar-refractivity contribution in [2.24, 2.45) is 0 Å². The van der Waals surface area contributed by atoms with E-state index in [1.54, 1.807) is 18.3 Å². The summed E-state index contributed by atoms with van der Waals surface area (Å²) < 4.78 is 5.71. The molecule has 0 atom stereocenters. The minimum atomic E-state index is 0.247. The van der Waals surface area contributed by atoms with Gasteiger partial charge in [-0.2, -0.15) is 0 Å². The zero-order valence-corrected chi connectivity index (χ0v) is 17.9. The molecule has 2 aromatic rings. The van der Waals surface area contributed by atoms with Crippen molar-refractivity contribution < 1.29 is 4.42 Å². The molecule has 0 bridgehead atoms. The topological polar surface area (TPSA) is 77.8 Å². The van der Waals surface area contributed by atoms with Crippen molar-refractivity contribution in [1.82, 2.24) is 15.0 Å². The van der Waals surface area contributed by atoms with Crippen molar-refractivity contribution in [3.05, 3.63) is 66.9 Å². The van der Waals surface area contributed by atoms with Crippen molar-refractivity contribution >= 4 is 23.5 Å². The molecule has 5 heteroatoms. The summed E-state index contributed by atoms with van der Waals surface area (Å²) in [6.45, 7) is 19.4. The molecule has 0 aliphatic carbocycles. The summed E-state index contributed by atoms with van der Waals surface area (Å²) in [7, 11) is 0. The summed E-state index contributed by atoms with van der Waals surface area (Å²) in [6.07, 6.45) is 14.3. The Hall–Kier alpha value is -3.21. The van der Waals surface area contributed by atoms with Gasteiger partial charge in [-0.3, -0.25) is 0 Å². The van der Waals surface area contributed by atoms with Crippen LogP contribution in [0.15, 0.2) is 54.2 Å². The molecule has 5 nitrogen and oxygen atoms in total. The van der Waals surface area contributed by atoms with E-state index in [2.05, 4.69) is 28.1 Å². The monoisotopic (exact) mass is 380 g/mol. The normalized spacial score (nSPS) is 10.9. The molecular weight excluding hydrogens is 348 g/mol. The third kappa shape index (κ3) is 6.50. The lowest BCUT2D eigenvalue weighted by atomic mass is 10.1. The Kier molecular flexibility index (Phi) is 12.3. The van der Waals surface area contributed by atoms with E-state index in [1.807, 2.05) is 71.9 Å². The first-order valence-corrected chi connectivity index (χ1v) is 9.49. The number of rotatable bonds is 6. The SMILES string of the molecule is C=C/C(=C\C=C/C)c1cnc(N)c(-c2nc(/C=C\C)c(C=C)o2)n1.CC.CC. The van der Waals surface area contributed by atoms with Crippen LogP contribution in [0.3, 0.4) is 0 Å². The average molecular weight is 381 g/mol. The smallest absolute Gasteiger partial charge is 0.250 e. The van der Waals surface area contributed by atoms with Gasteiger partial charge in [0, 0.05) is 5.57 Å². The number of anilines is 1. The number of hydrogen-bond acceptors (Lipinski definition) is 5. The Balaban J connectivity index is 0.00000171. The second-order valence-electron chi connectivity index (χ2n) is 4.81. The largest absolute Gasteiger partial charge is 0.435 e. The first-order valence-electron chi connectivity index (χ1n) is 9.49. The van der Waals surface area contributed by atoms with Gasteiger partial charge in [0.25, 0.3) is 0 Å². The van der Waals surface area contributed by atoms with E-state index in [-0.39, 0.29) is 5.82 Å². The molecule has 2 rings (SSSR count). The van der Waals surface area contributed by atoms with Crippen LogP contribution in [-0.4, -0.2) is 15.0 Å². The van der Waals surface area contributed by atoms with E-state index in [0.29, 0.717) is 28.7 Å². The molecule has 0 aliphatic heterocycles. The number of oxazole rings is 1. The lowest BCUT2D eigenvalue weighted by Gasteiger charge is -2.04. The van der Waals surface area contributed by atoms with Gasteiger partial charge in [-0.05, 0) is 26.0 Å². The summed E-state index contributed by atoms with van der Waals surface area (Å²) in [5.74, 6) is 1.11. The van der Waals surface area contributed by atoms with Crippen LogP contribution in [0.25, 0.3) is 29.3 Å². The Morgan fingerprint density at radius 2 is 1.75 bits per heavy atom. The lowest BCUT2D eigenvalue weighted by Crippen LogP contribution is -2.00. The number of nitrogen functional groups attached to an aromatic ring is 1. The minimum absolute atomic E-state index is 0.247. The third-order valence-electron chi connectivity index (χ3n) is 3.18. The van der Waals surface area contributed by atoms with Gasteiger partial charge in [0.15, 0.2) is 17.3 Å². The van der Waals surface area contributed by atoms with E-state index >= 15 is 0 Å². The summed E-state index contributed by atoms with van der Waals surface area (Å²) in [5, 5.41) is 0. The number of allylic oxidation sites excluding steroid dienone is 6. The molecule has 28 heavy (non-hydrogen) atoms. The van der Waals surface area contributed by atoms with Crippen LogP contribution < -0.4 is 5.73 Å². The zero-order valence-electron chi connectivity index (χ0n) is 17.9. The first kappa shape index (κ1) is 24.8. The third-order valence-corrected chi connectivity index (χ3v) is 3.18. The summed E-state index contributed by atoms with van der Waals surface area (Å²) >= 11 is 0. The highest BCUT2D eigenvalue weighted by molar-refractivity contribution is 5.75. The molecular formula is C23H32N4O. The van der Waals surface area contributed by atoms with Crippen molar-refractivity contribution in [2.75, 3.05) is 5.73 Å². The van der Waals surface area contributed by atoms with Gasteiger partial charge < -0.3 is 10.2 Å². The Morgan fingerprint density at radius 3 is 2.29 bits per heavy atom. The Labute approximate surface area is 169 Å². The van der Waals surface area contributed by atoms with Crippen LogP contribution in [0.1, 0.15) is 58.7 Å². The van der Waals surface area contributed by atoms with Gasteiger partial charge >= 0.3 is 0 Å². The summed E-state index contributed by atoms with van der Waals surface area (Å²) in [5.41, 5.74) is 8.48. The molecule has 0 radical (unpaired) electrons. The van der Waals surface area contributed by atoms with E-state index in [1.165, 1.54) is 0 Å². The highest BCUT2D eigenvalue weighted by Crippen LogP contribution is 2.27. The molecule has 0 saturated heterocycles. The Morgan fingerprint density at radius 1 is 1.07 bits per heavy atom. The van der Waals surface area contributed by atoms with E-state index < -0.39 is 0 Å². The lowest BCUT2D eigenvalue weighted by molar-refractivity contribution is 0.562. The van der Waals surface area contributed by atoms with Crippen LogP contribution in [0.2, 0.25) is 0 Å². The average Bonchev–Trinajstić information content (AvgIpc) is 3.15. The van der Waals surface area contributed by atoms with Gasteiger partial charge in [0.05, 0.1) is 11.9 Å². The van der Waals surface area contributed by atoms with E-state index in [4.69, 9.17) is 10.2 Å². The molecule has 0 saturated carbocycles. The summed E-state index contributed by atoms with van der Waals surface area (Å²) in [6, 6.07) is 0. The number of nitrogens with two attached hydrogens (primary N) is 1. The molecule has 0 aromatic carbocycles. The van der Waals surface area contributed by atoms with Gasteiger partial charge in [-0.1, -0.05) is 71.2 Å². The van der Waals surface area contributed by atoms with E-state index in [0.717, 1.165) is 5.57 Å². The number of hydrogen-bond donors (Lipinski definition) is 1. The second kappa shape index (κ2) is 13.9. The standard InChI is InChI=1S/C19H20N4O.2C2H6/c1-5-9-11-13(7-3)15-12-21-18(20)17(22-15)19-23-14(10-6-2)16(8-4)24-19;2*1-2/h5-12H,3-4H2,1-2H3,(H2,20,21);2*1-2H3/b9-5-,10-6-,13-11+;;.